The summed E-state index contributed by atoms with van der Waals surface area (Å²) >= 11 is 0. The zero-order valence-corrected chi connectivity index (χ0v) is 9.88. The first kappa shape index (κ1) is 11.6. The van der Waals surface area contributed by atoms with Gasteiger partial charge in [-0.2, -0.15) is 0 Å². The summed E-state index contributed by atoms with van der Waals surface area (Å²) in [4.78, 5) is 2.08. The van der Waals surface area contributed by atoms with Crippen molar-refractivity contribution in [1.82, 2.24) is 0 Å². The van der Waals surface area contributed by atoms with E-state index >= 15 is 0 Å². The number of hydrogen-bond acceptors (Lipinski definition) is 1. The van der Waals surface area contributed by atoms with Gasteiger partial charge in [0, 0.05) is 19.8 Å². The summed E-state index contributed by atoms with van der Waals surface area (Å²) in [5.41, 5.74) is 2.44. The molecule has 1 nitrogen and oxygen atoms in total. The molecule has 0 N–H and O–H groups in total. The maximum atomic E-state index is 4.09. The minimum atomic E-state index is 0.993. The molecule has 80 valence electrons. The summed E-state index contributed by atoms with van der Waals surface area (Å²) < 4.78 is 0. The molecular weight excluding hydrogens is 182 g/mol. The molecule has 0 fully saturated rings. The lowest BCUT2D eigenvalue weighted by Gasteiger charge is -2.12. The van der Waals surface area contributed by atoms with Crippen molar-refractivity contribution in [3.8, 4) is 0 Å². The third kappa shape index (κ3) is 2.50. The summed E-state index contributed by atoms with van der Waals surface area (Å²) in [7, 11) is 4.07. The lowest BCUT2D eigenvalue weighted by Crippen LogP contribution is -2.26. The van der Waals surface area contributed by atoms with Crippen molar-refractivity contribution in [3.05, 3.63) is 41.3 Å². The molecule has 0 spiro atoms. The largest absolute Gasteiger partial charge is 0.378 e. The molecular formula is C14H19N. The van der Waals surface area contributed by atoms with Crippen LogP contribution in [0.3, 0.4) is 0 Å². The molecule has 0 unspecified atom stereocenters. The molecule has 15 heavy (non-hydrogen) atoms. The number of nitrogens with zero attached hydrogens (tertiary/aromatic N) is 1. The molecule has 0 aromatic heterocycles. The fourth-order valence-electron chi connectivity index (χ4n) is 1.62. The first-order valence-electron chi connectivity index (χ1n) is 5.22. The van der Waals surface area contributed by atoms with Gasteiger partial charge in [0.2, 0.25) is 0 Å². The molecule has 0 radical (unpaired) electrons. The summed E-state index contributed by atoms with van der Waals surface area (Å²) in [5.74, 6) is 0. The molecule has 0 aliphatic heterocycles. The Labute approximate surface area is 92.0 Å². The summed E-state index contributed by atoms with van der Waals surface area (Å²) in [6.45, 7) is 10.1. The fourth-order valence-corrected chi connectivity index (χ4v) is 1.62. The zero-order chi connectivity index (χ0) is 11.4. The van der Waals surface area contributed by atoms with Gasteiger partial charge in [0.15, 0.2) is 0 Å². The third-order valence-corrected chi connectivity index (χ3v) is 2.58. The second kappa shape index (κ2) is 4.83. The van der Waals surface area contributed by atoms with E-state index < -0.39 is 0 Å². The predicted octanol–water partition coefficient (Wildman–Crippen LogP) is 1.91. The van der Waals surface area contributed by atoms with Gasteiger partial charge in [0.05, 0.1) is 0 Å². The van der Waals surface area contributed by atoms with Gasteiger partial charge in [-0.15, -0.1) is 0 Å². The molecule has 0 aliphatic carbocycles. The first-order valence-corrected chi connectivity index (χ1v) is 5.22. The third-order valence-electron chi connectivity index (χ3n) is 2.58. The highest BCUT2D eigenvalue weighted by atomic mass is 15.1. The molecule has 0 heterocycles. The van der Waals surface area contributed by atoms with Gasteiger partial charge in [0.1, 0.15) is 0 Å². The van der Waals surface area contributed by atoms with E-state index in [9.17, 15) is 0 Å². The van der Waals surface area contributed by atoms with E-state index in [-0.39, 0.29) is 0 Å². The standard InChI is InChI=1S/C14H19N/c1-6-12(7-2)14-9-8-13(15(4)5)10-11(14)3/h6,8-10H,1,3,7H2,2,4-5H3/b14-12+. The number of benzene rings is 1. The van der Waals surface area contributed by atoms with Crippen molar-refractivity contribution >= 4 is 17.8 Å². The van der Waals surface area contributed by atoms with Crippen LogP contribution < -0.4 is 15.3 Å². The van der Waals surface area contributed by atoms with Crippen molar-refractivity contribution in [2.24, 2.45) is 0 Å². The Morgan fingerprint density at radius 2 is 2.07 bits per heavy atom. The molecule has 0 aliphatic rings. The molecule has 0 amide bonds. The summed E-state index contributed by atoms with van der Waals surface area (Å²) in [6, 6.07) is 6.34. The van der Waals surface area contributed by atoms with Gasteiger partial charge in [-0.25, -0.2) is 0 Å². The van der Waals surface area contributed by atoms with Crippen molar-refractivity contribution in [2.75, 3.05) is 19.0 Å². The molecule has 0 saturated carbocycles. The Morgan fingerprint density at radius 3 is 2.47 bits per heavy atom. The molecule has 1 aromatic carbocycles. The van der Waals surface area contributed by atoms with Crippen LogP contribution in [0.15, 0.2) is 30.9 Å². The van der Waals surface area contributed by atoms with Crippen LogP contribution in [-0.2, 0) is 0 Å². The van der Waals surface area contributed by atoms with Gasteiger partial charge in [-0.05, 0) is 34.6 Å². The molecule has 0 bridgehead atoms. The molecule has 1 heteroatoms. The molecule has 0 saturated heterocycles. The number of hydrogen-bond donors (Lipinski definition) is 0. The Hall–Kier alpha value is -1.50. The van der Waals surface area contributed by atoms with Crippen LogP contribution in [0.25, 0.3) is 12.2 Å². The van der Waals surface area contributed by atoms with Crippen molar-refractivity contribution in [1.29, 1.82) is 0 Å². The SMILES string of the molecule is C=C/C(CC)=c1/ccc(N(C)C)cc1=C. The van der Waals surface area contributed by atoms with Gasteiger partial charge in [-0.3, -0.25) is 0 Å². The van der Waals surface area contributed by atoms with E-state index in [2.05, 4.69) is 43.2 Å². The number of rotatable bonds is 3. The molecule has 1 rings (SSSR count). The highest BCUT2D eigenvalue weighted by molar-refractivity contribution is 5.57. The normalized spacial score (nSPS) is 12.2. The summed E-state index contributed by atoms with van der Waals surface area (Å²) in [5, 5.41) is 2.27. The fraction of sp³-hybridized carbons (Fsp3) is 0.286. The number of allylic oxidation sites excluding steroid dienone is 1. The topological polar surface area (TPSA) is 3.24 Å². The Balaban J connectivity index is 3.43. The van der Waals surface area contributed by atoms with E-state index in [1.807, 2.05) is 20.2 Å². The van der Waals surface area contributed by atoms with Crippen LogP contribution in [0.2, 0.25) is 0 Å². The quantitative estimate of drug-likeness (QED) is 0.722. The van der Waals surface area contributed by atoms with E-state index in [0.29, 0.717) is 0 Å². The van der Waals surface area contributed by atoms with Crippen LogP contribution in [0.1, 0.15) is 13.3 Å². The van der Waals surface area contributed by atoms with Crippen molar-refractivity contribution in [3.63, 3.8) is 0 Å². The predicted molar refractivity (Wildman–Crippen MR) is 69.4 cm³/mol. The van der Waals surface area contributed by atoms with Crippen LogP contribution in [0.5, 0.6) is 0 Å². The van der Waals surface area contributed by atoms with Crippen molar-refractivity contribution in [2.45, 2.75) is 13.3 Å². The Morgan fingerprint density at radius 1 is 1.40 bits per heavy atom. The highest BCUT2D eigenvalue weighted by Gasteiger charge is 1.96. The van der Waals surface area contributed by atoms with Crippen LogP contribution in [-0.4, -0.2) is 14.1 Å². The van der Waals surface area contributed by atoms with E-state index in [0.717, 1.165) is 11.6 Å². The van der Waals surface area contributed by atoms with Gasteiger partial charge in [-0.1, -0.05) is 32.2 Å². The molecule has 0 atom stereocenters. The minimum Gasteiger partial charge on any atom is -0.378 e. The highest BCUT2D eigenvalue weighted by Crippen LogP contribution is 2.05. The maximum absolute atomic E-state index is 4.09. The zero-order valence-electron chi connectivity index (χ0n) is 9.88. The van der Waals surface area contributed by atoms with Gasteiger partial charge < -0.3 is 4.90 Å². The Bertz CT molecular complexity index is 455. The first-order chi connectivity index (χ1) is 7.10. The second-order valence-electron chi connectivity index (χ2n) is 3.82. The van der Waals surface area contributed by atoms with Crippen LogP contribution >= 0.6 is 0 Å². The average Bonchev–Trinajstić information content (AvgIpc) is 2.21. The van der Waals surface area contributed by atoms with E-state index in [1.54, 1.807) is 0 Å². The number of anilines is 1. The van der Waals surface area contributed by atoms with Crippen LogP contribution in [0, 0.1) is 0 Å². The Kier molecular flexibility index (Phi) is 3.73. The van der Waals surface area contributed by atoms with Gasteiger partial charge >= 0.3 is 0 Å². The van der Waals surface area contributed by atoms with Crippen LogP contribution in [0.4, 0.5) is 5.69 Å². The molecule has 1 aromatic rings. The maximum Gasteiger partial charge on any atom is 0.0367 e. The smallest absolute Gasteiger partial charge is 0.0367 e. The summed E-state index contributed by atoms with van der Waals surface area (Å²) in [6.07, 6.45) is 2.91. The monoisotopic (exact) mass is 201 g/mol. The second-order valence-corrected chi connectivity index (χ2v) is 3.82. The minimum absolute atomic E-state index is 0.993. The van der Waals surface area contributed by atoms with E-state index in [4.69, 9.17) is 0 Å². The lowest BCUT2D eigenvalue weighted by molar-refractivity contribution is 1.13. The lowest BCUT2D eigenvalue weighted by atomic mass is 10.1. The van der Waals surface area contributed by atoms with Crippen molar-refractivity contribution < 1.29 is 0 Å². The van der Waals surface area contributed by atoms with Gasteiger partial charge in [0.25, 0.3) is 0 Å². The van der Waals surface area contributed by atoms with E-state index in [1.165, 1.54) is 16.5 Å². The average molecular weight is 201 g/mol.